The molecule has 0 aliphatic heterocycles. The van der Waals surface area contributed by atoms with Crippen LogP contribution in [-0.2, 0) is 9.53 Å². The number of aliphatic carboxylic acids is 1. The third-order valence-corrected chi connectivity index (χ3v) is 2.88. The van der Waals surface area contributed by atoms with Crippen LogP contribution < -0.4 is 0 Å². The lowest BCUT2D eigenvalue weighted by molar-refractivity contribution is -0.138. The summed E-state index contributed by atoms with van der Waals surface area (Å²) < 4.78 is 4.91. The van der Waals surface area contributed by atoms with Crippen molar-refractivity contribution >= 4 is 12.1 Å². The second-order valence-corrected chi connectivity index (χ2v) is 4.18. The first-order valence-corrected chi connectivity index (χ1v) is 5.91. The number of ether oxygens (including phenoxy) is 1. The van der Waals surface area contributed by atoms with Gasteiger partial charge >= 0.3 is 12.1 Å². The third kappa shape index (κ3) is 4.46. The summed E-state index contributed by atoms with van der Waals surface area (Å²) in [6, 6.07) is -0.00262. The van der Waals surface area contributed by atoms with E-state index < -0.39 is 12.1 Å². The Bertz CT molecular complexity index is 284. The van der Waals surface area contributed by atoms with Gasteiger partial charge in [-0.2, -0.15) is 0 Å². The van der Waals surface area contributed by atoms with E-state index in [1.807, 2.05) is 0 Å². The lowest BCUT2D eigenvalue weighted by Crippen LogP contribution is -2.44. The Morgan fingerprint density at radius 2 is 2.00 bits per heavy atom. The van der Waals surface area contributed by atoms with Gasteiger partial charge in [0.15, 0.2) is 0 Å². The van der Waals surface area contributed by atoms with Crippen molar-refractivity contribution in [3.8, 4) is 0 Å². The van der Waals surface area contributed by atoms with Crippen molar-refractivity contribution < 1.29 is 19.4 Å². The van der Waals surface area contributed by atoms with E-state index in [0.717, 1.165) is 32.1 Å². The van der Waals surface area contributed by atoms with Crippen LogP contribution in [0.15, 0.2) is 12.7 Å². The van der Waals surface area contributed by atoms with E-state index in [2.05, 4.69) is 6.58 Å². The molecule has 1 N–H and O–H groups in total. The maximum Gasteiger partial charge on any atom is 0.410 e. The SMILES string of the molecule is C=CCOC(=O)N(CC(=O)O)C1CCCCC1. The van der Waals surface area contributed by atoms with Crippen molar-refractivity contribution in [1.82, 2.24) is 4.90 Å². The van der Waals surface area contributed by atoms with Crippen LogP contribution in [0.3, 0.4) is 0 Å². The predicted molar refractivity (Wildman–Crippen MR) is 62.8 cm³/mol. The topological polar surface area (TPSA) is 66.8 Å². The molecule has 1 fully saturated rings. The molecule has 0 radical (unpaired) electrons. The first kappa shape index (κ1) is 13.5. The lowest BCUT2D eigenvalue weighted by atomic mass is 9.94. The predicted octanol–water partition coefficient (Wildman–Crippen LogP) is 2.03. The van der Waals surface area contributed by atoms with Gasteiger partial charge in [0.05, 0.1) is 0 Å². The summed E-state index contributed by atoms with van der Waals surface area (Å²) in [6.07, 6.45) is 5.86. The molecule has 1 amide bonds. The highest BCUT2D eigenvalue weighted by molar-refractivity contribution is 5.77. The van der Waals surface area contributed by atoms with Crippen molar-refractivity contribution in [3.63, 3.8) is 0 Å². The Morgan fingerprint density at radius 3 is 2.53 bits per heavy atom. The zero-order valence-electron chi connectivity index (χ0n) is 9.93. The van der Waals surface area contributed by atoms with Crippen LogP contribution in [0.5, 0.6) is 0 Å². The number of carboxylic acid groups (broad SMARTS) is 1. The zero-order chi connectivity index (χ0) is 12.7. The zero-order valence-corrected chi connectivity index (χ0v) is 9.93. The molecule has 0 heterocycles. The van der Waals surface area contributed by atoms with Gasteiger partial charge in [0.25, 0.3) is 0 Å². The minimum absolute atomic E-state index is 0.00262. The van der Waals surface area contributed by atoms with Gasteiger partial charge in [0.2, 0.25) is 0 Å². The van der Waals surface area contributed by atoms with Crippen LogP contribution in [0.1, 0.15) is 32.1 Å². The van der Waals surface area contributed by atoms with Crippen LogP contribution in [0, 0.1) is 0 Å². The van der Waals surface area contributed by atoms with E-state index in [1.54, 1.807) is 0 Å². The molecule has 0 unspecified atom stereocenters. The molecule has 0 aromatic carbocycles. The van der Waals surface area contributed by atoms with E-state index in [1.165, 1.54) is 11.0 Å². The van der Waals surface area contributed by atoms with Crippen molar-refractivity contribution in [2.75, 3.05) is 13.2 Å². The Morgan fingerprint density at radius 1 is 1.35 bits per heavy atom. The molecule has 5 heteroatoms. The van der Waals surface area contributed by atoms with Gasteiger partial charge in [-0.05, 0) is 12.8 Å². The summed E-state index contributed by atoms with van der Waals surface area (Å²) in [5, 5.41) is 8.82. The number of nitrogens with zero attached hydrogens (tertiary/aromatic N) is 1. The van der Waals surface area contributed by atoms with Gasteiger partial charge in [-0.3, -0.25) is 9.69 Å². The largest absolute Gasteiger partial charge is 0.480 e. The molecule has 1 aliphatic rings. The molecule has 0 spiro atoms. The van der Waals surface area contributed by atoms with Crippen molar-refractivity contribution in [1.29, 1.82) is 0 Å². The number of carboxylic acids is 1. The standard InChI is InChI=1S/C12H19NO4/c1-2-8-17-12(16)13(9-11(14)15)10-6-4-3-5-7-10/h2,10H,1,3-9H2,(H,14,15). The fraction of sp³-hybridized carbons (Fsp3) is 0.667. The number of hydrogen-bond donors (Lipinski definition) is 1. The van der Waals surface area contributed by atoms with E-state index in [-0.39, 0.29) is 19.2 Å². The fourth-order valence-corrected chi connectivity index (χ4v) is 2.09. The Balaban J connectivity index is 2.60. The van der Waals surface area contributed by atoms with Crippen molar-refractivity contribution in [3.05, 3.63) is 12.7 Å². The van der Waals surface area contributed by atoms with Crippen LogP contribution in [-0.4, -0.2) is 41.3 Å². The first-order chi connectivity index (χ1) is 8.15. The molecule has 0 atom stereocenters. The molecule has 5 nitrogen and oxygen atoms in total. The Hall–Kier alpha value is -1.52. The quantitative estimate of drug-likeness (QED) is 0.748. The highest BCUT2D eigenvalue weighted by Gasteiger charge is 2.28. The number of hydrogen-bond acceptors (Lipinski definition) is 3. The van der Waals surface area contributed by atoms with E-state index in [9.17, 15) is 9.59 Å². The average molecular weight is 241 g/mol. The molecule has 17 heavy (non-hydrogen) atoms. The highest BCUT2D eigenvalue weighted by atomic mass is 16.6. The smallest absolute Gasteiger partial charge is 0.410 e. The summed E-state index contributed by atoms with van der Waals surface area (Å²) in [7, 11) is 0. The summed E-state index contributed by atoms with van der Waals surface area (Å²) in [5.74, 6) is -1.01. The van der Waals surface area contributed by atoms with Crippen LogP contribution >= 0.6 is 0 Å². The molecule has 0 aromatic rings. The number of carbonyl (C=O) groups excluding carboxylic acids is 1. The van der Waals surface area contributed by atoms with Crippen molar-refractivity contribution in [2.45, 2.75) is 38.1 Å². The average Bonchev–Trinajstić information content (AvgIpc) is 2.34. The van der Waals surface area contributed by atoms with Gasteiger partial charge in [-0.1, -0.05) is 31.9 Å². The lowest BCUT2D eigenvalue weighted by Gasteiger charge is -2.32. The second-order valence-electron chi connectivity index (χ2n) is 4.18. The minimum atomic E-state index is -1.01. The summed E-state index contributed by atoms with van der Waals surface area (Å²) in [4.78, 5) is 23.8. The van der Waals surface area contributed by atoms with Crippen molar-refractivity contribution in [2.24, 2.45) is 0 Å². The van der Waals surface area contributed by atoms with Gasteiger partial charge < -0.3 is 9.84 Å². The van der Waals surface area contributed by atoms with Crippen LogP contribution in [0.4, 0.5) is 4.79 Å². The Labute approximate surface area is 101 Å². The number of carbonyl (C=O) groups is 2. The highest BCUT2D eigenvalue weighted by Crippen LogP contribution is 2.23. The fourth-order valence-electron chi connectivity index (χ4n) is 2.09. The Kier molecular flexibility index (Phi) is 5.52. The molecule has 1 aliphatic carbocycles. The van der Waals surface area contributed by atoms with Gasteiger partial charge in [-0.25, -0.2) is 4.79 Å². The first-order valence-electron chi connectivity index (χ1n) is 5.91. The van der Waals surface area contributed by atoms with Crippen LogP contribution in [0.25, 0.3) is 0 Å². The number of rotatable bonds is 5. The molecular weight excluding hydrogens is 222 g/mol. The van der Waals surface area contributed by atoms with Gasteiger partial charge in [-0.15, -0.1) is 0 Å². The van der Waals surface area contributed by atoms with E-state index in [4.69, 9.17) is 9.84 Å². The monoisotopic (exact) mass is 241 g/mol. The molecule has 96 valence electrons. The summed E-state index contributed by atoms with van der Waals surface area (Å²) in [6.45, 7) is 3.28. The van der Waals surface area contributed by atoms with E-state index >= 15 is 0 Å². The summed E-state index contributed by atoms with van der Waals surface area (Å²) in [5.41, 5.74) is 0. The van der Waals surface area contributed by atoms with Crippen LogP contribution in [0.2, 0.25) is 0 Å². The molecular formula is C12H19NO4. The normalized spacial score (nSPS) is 16.2. The van der Waals surface area contributed by atoms with E-state index in [0.29, 0.717) is 0 Å². The number of amides is 1. The molecule has 1 rings (SSSR count). The maximum absolute atomic E-state index is 11.7. The third-order valence-electron chi connectivity index (χ3n) is 2.88. The molecule has 0 aromatic heterocycles. The maximum atomic E-state index is 11.7. The van der Waals surface area contributed by atoms with Gasteiger partial charge in [0, 0.05) is 6.04 Å². The molecule has 0 bridgehead atoms. The summed E-state index contributed by atoms with van der Waals surface area (Å²) >= 11 is 0. The second kappa shape index (κ2) is 6.93. The molecule has 0 saturated heterocycles. The minimum Gasteiger partial charge on any atom is -0.480 e. The molecule has 1 saturated carbocycles. The van der Waals surface area contributed by atoms with Gasteiger partial charge in [0.1, 0.15) is 13.2 Å².